The van der Waals surface area contributed by atoms with Crippen LogP contribution in [-0.2, 0) is 4.79 Å². The van der Waals surface area contributed by atoms with E-state index >= 15 is 0 Å². The van der Waals surface area contributed by atoms with Crippen LogP contribution in [0.4, 0.5) is 5.69 Å². The third kappa shape index (κ3) is 4.59. The van der Waals surface area contributed by atoms with Crippen LogP contribution >= 0.6 is 24.0 Å². The van der Waals surface area contributed by atoms with Crippen LogP contribution in [0.3, 0.4) is 0 Å². The lowest BCUT2D eigenvalue weighted by Crippen LogP contribution is -2.40. The number of likely N-dealkylation sites (tertiary alicyclic amines) is 1. The van der Waals surface area contributed by atoms with Crippen molar-refractivity contribution in [2.24, 2.45) is 11.7 Å². The average Bonchev–Trinajstić information content (AvgIpc) is 2.96. The normalized spacial score (nSPS) is 17.1. The van der Waals surface area contributed by atoms with Crippen molar-refractivity contribution in [1.82, 2.24) is 4.90 Å². The van der Waals surface area contributed by atoms with Crippen molar-refractivity contribution < 1.29 is 9.59 Å². The summed E-state index contributed by atoms with van der Waals surface area (Å²) < 4.78 is 0. The Labute approximate surface area is 148 Å². The molecule has 2 rings (SSSR count). The standard InChI is InChI=1S/C16H22ClN3O2.ClH/c1-10(2)15(21)19-11-5-6-14(17)13(8-11)16(22)20-7-3-4-12(20)9-18;/h5-6,8,10,12H,3-4,7,9,18H2,1-2H3,(H,19,21);1H. The van der Waals surface area contributed by atoms with Crippen molar-refractivity contribution in [3.63, 3.8) is 0 Å². The number of rotatable bonds is 4. The number of halogens is 2. The maximum Gasteiger partial charge on any atom is 0.255 e. The van der Waals surface area contributed by atoms with E-state index in [1.807, 2.05) is 13.8 Å². The SMILES string of the molecule is CC(C)C(=O)Nc1ccc(Cl)c(C(=O)N2CCCC2CN)c1.Cl. The highest BCUT2D eigenvalue weighted by molar-refractivity contribution is 6.34. The maximum absolute atomic E-state index is 12.7. The molecule has 0 bridgehead atoms. The van der Waals surface area contributed by atoms with E-state index in [0.29, 0.717) is 29.4 Å². The van der Waals surface area contributed by atoms with Gasteiger partial charge in [0.15, 0.2) is 0 Å². The molecule has 1 atom stereocenters. The van der Waals surface area contributed by atoms with E-state index in [-0.39, 0.29) is 36.2 Å². The third-order valence-corrected chi connectivity index (χ3v) is 4.23. The number of carbonyl (C=O) groups is 2. The largest absolute Gasteiger partial charge is 0.334 e. The lowest BCUT2D eigenvalue weighted by Gasteiger charge is -2.24. The molecule has 1 aliphatic rings. The predicted octanol–water partition coefficient (Wildman–Crippen LogP) is 2.92. The van der Waals surface area contributed by atoms with Crippen LogP contribution in [0.15, 0.2) is 18.2 Å². The first-order chi connectivity index (χ1) is 10.4. The molecule has 1 aromatic carbocycles. The van der Waals surface area contributed by atoms with Crippen LogP contribution in [0.2, 0.25) is 5.02 Å². The van der Waals surface area contributed by atoms with E-state index in [1.165, 1.54) is 0 Å². The Morgan fingerprint density at radius 3 is 2.74 bits per heavy atom. The van der Waals surface area contributed by atoms with E-state index in [1.54, 1.807) is 23.1 Å². The first-order valence-corrected chi connectivity index (χ1v) is 7.93. The van der Waals surface area contributed by atoms with Crippen LogP contribution in [0.5, 0.6) is 0 Å². The van der Waals surface area contributed by atoms with Gasteiger partial charge in [0.25, 0.3) is 5.91 Å². The molecule has 1 aliphatic heterocycles. The second-order valence-electron chi connectivity index (χ2n) is 5.87. The second-order valence-corrected chi connectivity index (χ2v) is 6.28. The summed E-state index contributed by atoms with van der Waals surface area (Å²) in [6, 6.07) is 5.04. The highest BCUT2D eigenvalue weighted by atomic mass is 35.5. The van der Waals surface area contributed by atoms with Gasteiger partial charge in [-0.2, -0.15) is 0 Å². The highest BCUT2D eigenvalue weighted by Gasteiger charge is 2.29. The van der Waals surface area contributed by atoms with Gasteiger partial charge in [-0.05, 0) is 31.0 Å². The van der Waals surface area contributed by atoms with Gasteiger partial charge in [-0.3, -0.25) is 9.59 Å². The smallest absolute Gasteiger partial charge is 0.255 e. The molecule has 0 spiro atoms. The molecule has 2 amide bonds. The summed E-state index contributed by atoms with van der Waals surface area (Å²) in [4.78, 5) is 26.2. The van der Waals surface area contributed by atoms with Crippen molar-refractivity contribution in [2.45, 2.75) is 32.7 Å². The van der Waals surface area contributed by atoms with Gasteiger partial charge >= 0.3 is 0 Å². The molecule has 0 aromatic heterocycles. The van der Waals surface area contributed by atoms with Gasteiger partial charge in [0, 0.05) is 30.7 Å². The molecule has 7 heteroatoms. The molecule has 128 valence electrons. The third-order valence-electron chi connectivity index (χ3n) is 3.90. The monoisotopic (exact) mass is 359 g/mol. The number of hydrogen-bond acceptors (Lipinski definition) is 3. The molecule has 1 saturated heterocycles. The number of nitrogens with two attached hydrogens (primary N) is 1. The Hall–Kier alpha value is -1.30. The quantitative estimate of drug-likeness (QED) is 0.867. The fraction of sp³-hybridized carbons (Fsp3) is 0.500. The van der Waals surface area contributed by atoms with E-state index in [4.69, 9.17) is 17.3 Å². The number of benzene rings is 1. The molecular formula is C16H23Cl2N3O2. The Morgan fingerprint density at radius 2 is 2.13 bits per heavy atom. The summed E-state index contributed by atoms with van der Waals surface area (Å²) >= 11 is 6.17. The van der Waals surface area contributed by atoms with Crippen molar-refractivity contribution in [3.05, 3.63) is 28.8 Å². The summed E-state index contributed by atoms with van der Waals surface area (Å²) in [6.45, 7) is 4.77. The molecule has 1 fully saturated rings. The van der Waals surface area contributed by atoms with E-state index in [9.17, 15) is 9.59 Å². The van der Waals surface area contributed by atoms with Crippen LogP contribution in [0, 0.1) is 5.92 Å². The zero-order valence-electron chi connectivity index (χ0n) is 13.3. The summed E-state index contributed by atoms with van der Waals surface area (Å²) in [5, 5.41) is 3.17. The van der Waals surface area contributed by atoms with Crippen LogP contribution in [0.25, 0.3) is 0 Å². The summed E-state index contributed by atoms with van der Waals surface area (Å²) in [5.41, 5.74) is 6.71. The highest BCUT2D eigenvalue weighted by Crippen LogP contribution is 2.26. The van der Waals surface area contributed by atoms with E-state index < -0.39 is 0 Å². The molecular weight excluding hydrogens is 337 g/mol. The average molecular weight is 360 g/mol. The summed E-state index contributed by atoms with van der Waals surface area (Å²) in [5.74, 6) is -0.352. The van der Waals surface area contributed by atoms with Gasteiger partial charge in [0.2, 0.25) is 5.91 Å². The minimum absolute atomic E-state index is 0. The molecule has 0 aliphatic carbocycles. The molecule has 1 heterocycles. The number of amides is 2. The minimum atomic E-state index is -0.130. The molecule has 1 unspecified atom stereocenters. The lowest BCUT2D eigenvalue weighted by atomic mass is 10.1. The van der Waals surface area contributed by atoms with Crippen molar-refractivity contribution in [1.29, 1.82) is 0 Å². The van der Waals surface area contributed by atoms with Gasteiger partial charge in [0.05, 0.1) is 10.6 Å². The molecule has 1 aromatic rings. The molecule has 0 saturated carbocycles. The number of hydrogen-bond donors (Lipinski definition) is 2. The Balaban J connectivity index is 0.00000264. The van der Waals surface area contributed by atoms with Gasteiger partial charge in [0.1, 0.15) is 0 Å². The van der Waals surface area contributed by atoms with E-state index in [2.05, 4.69) is 5.32 Å². The van der Waals surface area contributed by atoms with Crippen molar-refractivity contribution >= 4 is 41.5 Å². The van der Waals surface area contributed by atoms with Gasteiger partial charge in [-0.25, -0.2) is 0 Å². The number of nitrogens with zero attached hydrogens (tertiary/aromatic N) is 1. The van der Waals surface area contributed by atoms with Gasteiger partial charge in [-0.1, -0.05) is 25.4 Å². The molecule has 5 nitrogen and oxygen atoms in total. The molecule has 23 heavy (non-hydrogen) atoms. The topological polar surface area (TPSA) is 75.4 Å². The predicted molar refractivity (Wildman–Crippen MR) is 95.3 cm³/mol. The lowest BCUT2D eigenvalue weighted by molar-refractivity contribution is -0.118. The Kier molecular flexibility index (Phi) is 7.32. The summed E-state index contributed by atoms with van der Waals surface area (Å²) in [7, 11) is 0. The second kappa shape index (κ2) is 8.52. The maximum atomic E-state index is 12.7. The van der Waals surface area contributed by atoms with Crippen molar-refractivity contribution in [3.8, 4) is 0 Å². The number of anilines is 1. The number of nitrogens with one attached hydrogen (secondary N) is 1. The fourth-order valence-electron chi connectivity index (χ4n) is 2.56. The minimum Gasteiger partial charge on any atom is -0.334 e. The first-order valence-electron chi connectivity index (χ1n) is 7.55. The Morgan fingerprint density at radius 1 is 1.43 bits per heavy atom. The van der Waals surface area contributed by atoms with E-state index in [0.717, 1.165) is 12.8 Å². The molecule has 0 radical (unpaired) electrons. The van der Waals surface area contributed by atoms with Gasteiger partial charge < -0.3 is 16.0 Å². The Bertz CT molecular complexity index is 578. The van der Waals surface area contributed by atoms with Crippen LogP contribution < -0.4 is 11.1 Å². The first kappa shape index (κ1) is 19.7. The fourth-order valence-corrected chi connectivity index (χ4v) is 2.75. The molecule has 3 N–H and O–H groups in total. The number of carbonyl (C=O) groups excluding carboxylic acids is 2. The van der Waals surface area contributed by atoms with Crippen LogP contribution in [-0.4, -0.2) is 35.8 Å². The van der Waals surface area contributed by atoms with Crippen molar-refractivity contribution in [2.75, 3.05) is 18.4 Å². The zero-order valence-corrected chi connectivity index (χ0v) is 14.9. The van der Waals surface area contributed by atoms with Crippen LogP contribution in [0.1, 0.15) is 37.0 Å². The summed E-state index contributed by atoms with van der Waals surface area (Å²) in [6.07, 6.45) is 1.87. The zero-order chi connectivity index (χ0) is 16.3. The van der Waals surface area contributed by atoms with Gasteiger partial charge in [-0.15, -0.1) is 12.4 Å².